The van der Waals surface area contributed by atoms with Gasteiger partial charge < -0.3 is 5.32 Å². The monoisotopic (exact) mass is 381 g/mol. The van der Waals surface area contributed by atoms with E-state index in [1.807, 2.05) is 13.8 Å². The number of aromatic nitrogens is 2. The Labute approximate surface area is 150 Å². The van der Waals surface area contributed by atoms with E-state index >= 15 is 0 Å². The molecule has 0 aliphatic carbocycles. The highest BCUT2D eigenvalue weighted by Crippen LogP contribution is 2.18. The van der Waals surface area contributed by atoms with Crippen molar-refractivity contribution in [2.45, 2.75) is 36.7 Å². The first-order chi connectivity index (χ1) is 12.2. The lowest BCUT2D eigenvalue weighted by Gasteiger charge is -2.09. The molecular formula is C17H20FN3O4S. The fraction of sp³-hybridized carbons (Fsp3) is 0.353. The Morgan fingerprint density at radius 1 is 1.27 bits per heavy atom. The summed E-state index contributed by atoms with van der Waals surface area (Å²) in [5.74, 6) is -0.736. The second-order valence-electron chi connectivity index (χ2n) is 6.16. The van der Waals surface area contributed by atoms with E-state index in [2.05, 4.69) is 10.4 Å². The molecule has 0 aliphatic heterocycles. The maximum absolute atomic E-state index is 13.3. The molecule has 0 saturated carbocycles. The third-order valence-electron chi connectivity index (χ3n) is 3.56. The van der Waals surface area contributed by atoms with E-state index in [0.29, 0.717) is 12.5 Å². The molecule has 0 unspecified atom stereocenters. The zero-order valence-corrected chi connectivity index (χ0v) is 15.3. The van der Waals surface area contributed by atoms with Crippen molar-refractivity contribution in [1.29, 1.82) is 0 Å². The zero-order valence-electron chi connectivity index (χ0n) is 14.5. The fourth-order valence-corrected chi connectivity index (χ4v) is 3.35. The van der Waals surface area contributed by atoms with Gasteiger partial charge in [0.15, 0.2) is 5.03 Å². The number of carbonyl (C=O) groups excluding carboxylic acids is 1. The third-order valence-corrected chi connectivity index (χ3v) is 5.20. The van der Waals surface area contributed by atoms with Gasteiger partial charge in [0.25, 0.3) is 5.56 Å². The highest BCUT2D eigenvalue weighted by atomic mass is 32.2. The third kappa shape index (κ3) is 4.98. The van der Waals surface area contributed by atoms with E-state index in [0.717, 1.165) is 35.4 Å². The van der Waals surface area contributed by atoms with Gasteiger partial charge in [0.05, 0.1) is 4.90 Å². The number of hydrogen-bond donors (Lipinski definition) is 1. The van der Waals surface area contributed by atoms with Gasteiger partial charge in [0.2, 0.25) is 15.7 Å². The molecule has 0 saturated heterocycles. The van der Waals surface area contributed by atoms with Crippen molar-refractivity contribution >= 4 is 15.7 Å². The summed E-state index contributed by atoms with van der Waals surface area (Å²) in [6.07, 6.45) is 0.780. The van der Waals surface area contributed by atoms with Crippen molar-refractivity contribution in [2.75, 3.05) is 6.54 Å². The fourth-order valence-electron chi connectivity index (χ4n) is 2.13. The number of amides is 1. The molecule has 1 N–H and O–H groups in total. The lowest BCUT2D eigenvalue weighted by Crippen LogP contribution is -2.34. The Morgan fingerprint density at radius 2 is 2.00 bits per heavy atom. The van der Waals surface area contributed by atoms with Gasteiger partial charge in [-0.3, -0.25) is 9.59 Å². The van der Waals surface area contributed by atoms with Crippen LogP contribution >= 0.6 is 0 Å². The molecule has 140 valence electrons. The maximum atomic E-state index is 13.3. The topological polar surface area (TPSA) is 98.1 Å². The minimum absolute atomic E-state index is 0.281. The summed E-state index contributed by atoms with van der Waals surface area (Å²) >= 11 is 0. The minimum atomic E-state index is -4.11. The van der Waals surface area contributed by atoms with E-state index in [-0.39, 0.29) is 4.90 Å². The van der Waals surface area contributed by atoms with Gasteiger partial charge in [0.1, 0.15) is 12.4 Å². The summed E-state index contributed by atoms with van der Waals surface area (Å²) in [7, 11) is -4.11. The molecule has 2 aromatic rings. The Hall–Kier alpha value is -2.55. The van der Waals surface area contributed by atoms with Gasteiger partial charge in [-0.2, -0.15) is 5.10 Å². The van der Waals surface area contributed by atoms with E-state index in [1.165, 1.54) is 12.1 Å². The van der Waals surface area contributed by atoms with Crippen LogP contribution in [-0.2, 0) is 21.2 Å². The van der Waals surface area contributed by atoms with Crippen LogP contribution in [0.15, 0.2) is 51.1 Å². The number of carbonyl (C=O) groups is 1. The summed E-state index contributed by atoms with van der Waals surface area (Å²) in [6, 6.07) is 6.53. The smallest absolute Gasteiger partial charge is 0.267 e. The SMILES string of the molecule is CC(C)CCNC(=O)Cn1nc(S(=O)(=O)c2cccc(F)c2)ccc1=O. The van der Waals surface area contributed by atoms with Crippen LogP contribution in [0.2, 0.25) is 0 Å². The number of nitrogens with zero attached hydrogens (tertiary/aromatic N) is 2. The van der Waals surface area contributed by atoms with Crippen LogP contribution in [0.5, 0.6) is 0 Å². The maximum Gasteiger partial charge on any atom is 0.267 e. The van der Waals surface area contributed by atoms with Crippen molar-refractivity contribution in [1.82, 2.24) is 15.1 Å². The largest absolute Gasteiger partial charge is 0.354 e. The van der Waals surface area contributed by atoms with Crippen molar-refractivity contribution in [3.63, 3.8) is 0 Å². The molecule has 9 heteroatoms. The minimum Gasteiger partial charge on any atom is -0.354 e. The molecule has 0 radical (unpaired) electrons. The molecular weight excluding hydrogens is 361 g/mol. The van der Waals surface area contributed by atoms with E-state index in [4.69, 9.17) is 0 Å². The predicted octanol–water partition coefficient (Wildman–Crippen LogP) is 1.38. The van der Waals surface area contributed by atoms with Gasteiger partial charge in [-0.05, 0) is 36.6 Å². The highest BCUT2D eigenvalue weighted by molar-refractivity contribution is 7.91. The molecule has 7 nitrogen and oxygen atoms in total. The first kappa shape index (κ1) is 19.8. The number of sulfone groups is 1. The Balaban J connectivity index is 2.24. The number of halogens is 1. The van der Waals surface area contributed by atoms with Crippen LogP contribution in [0, 0.1) is 11.7 Å². The van der Waals surface area contributed by atoms with Gasteiger partial charge in [-0.15, -0.1) is 0 Å². The van der Waals surface area contributed by atoms with Crippen LogP contribution in [0.3, 0.4) is 0 Å². The molecule has 1 aromatic heterocycles. The van der Waals surface area contributed by atoms with E-state index in [9.17, 15) is 22.4 Å². The Kier molecular flexibility index (Phi) is 6.25. The zero-order chi connectivity index (χ0) is 19.3. The summed E-state index contributed by atoms with van der Waals surface area (Å²) in [5, 5.41) is 5.98. The first-order valence-corrected chi connectivity index (χ1v) is 9.54. The van der Waals surface area contributed by atoms with Gasteiger partial charge >= 0.3 is 0 Å². The number of benzene rings is 1. The molecule has 0 atom stereocenters. The lowest BCUT2D eigenvalue weighted by molar-refractivity contribution is -0.121. The summed E-state index contributed by atoms with van der Waals surface area (Å²) in [6.45, 7) is 4.08. The highest BCUT2D eigenvalue weighted by Gasteiger charge is 2.21. The summed E-state index contributed by atoms with van der Waals surface area (Å²) in [4.78, 5) is 23.5. The van der Waals surface area contributed by atoms with Crippen LogP contribution in [0.4, 0.5) is 4.39 Å². The average Bonchev–Trinajstić information content (AvgIpc) is 2.56. The van der Waals surface area contributed by atoms with Gasteiger partial charge in [0, 0.05) is 12.6 Å². The number of nitrogens with one attached hydrogen (secondary N) is 1. The van der Waals surface area contributed by atoms with Crippen molar-refractivity contribution in [2.24, 2.45) is 5.92 Å². The first-order valence-electron chi connectivity index (χ1n) is 8.05. The van der Waals surface area contributed by atoms with Crippen molar-refractivity contribution < 1.29 is 17.6 Å². The number of hydrogen-bond acceptors (Lipinski definition) is 5. The van der Waals surface area contributed by atoms with Crippen LogP contribution < -0.4 is 10.9 Å². The molecule has 0 bridgehead atoms. The normalized spacial score (nSPS) is 11.5. The van der Waals surface area contributed by atoms with Gasteiger partial charge in [-0.1, -0.05) is 19.9 Å². The van der Waals surface area contributed by atoms with E-state index < -0.39 is 38.7 Å². The molecule has 1 heterocycles. The van der Waals surface area contributed by atoms with Crippen LogP contribution in [0.25, 0.3) is 0 Å². The molecule has 1 amide bonds. The Bertz CT molecular complexity index is 954. The summed E-state index contributed by atoms with van der Waals surface area (Å²) in [5.41, 5.74) is -0.609. The van der Waals surface area contributed by atoms with Crippen LogP contribution in [0.1, 0.15) is 20.3 Å². The second kappa shape index (κ2) is 8.22. The average molecular weight is 381 g/mol. The molecule has 26 heavy (non-hydrogen) atoms. The van der Waals surface area contributed by atoms with Crippen LogP contribution in [-0.4, -0.2) is 30.7 Å². The molecule has 0 spiro atoms. The van der Waals surface area contributed by atoms with Gasteiger partial charge in [-0.25, -0.2) is 17.5 Å². The molecule has 0 fully saturated rings. The number of rotatable bonds is 7. The van der Waals surface area contributed by atoms with E-state index in [1.54, 1.807) is 0 Å². The molecule has 1 aromatic carbocycles. The molecule has 2 rings (SSSR count). The Morgan fingerprint density at radius 3 is 2.65 bits per heavy atom. The quantitative estimate of drug-likeness (QED) is 0.781. The van der Waals surface area contributed by atoms with Crippen molar-refractivity contribution in [3.8, 4) is 0 Å². The van der Waals surface area contributed by atoms with Crippen molar-refractivity contribution in [3.05, 3.63) is 52.6 Å². The standard InChI is InChI=1S/C17H20FN3O4S/c1-12(2)8-9-19-15(22)11-21-17(23)7-6-16(20-21)26(24,25)14-5-3-4-13(18)10-14/h3-7,10,12H,8-9,11H2,1-2H3,(H,19,22). The second-order valence-corrected chi connectivity index (χ2v) is 8.06. The lowest BCUT2D eigenvalue weighted by atomic mass is 10.1. The predicted molar refractivity (Wildman–Crippen MR) is 92.8 cm³/mol. The molecule has 0 aliphatic rings. The summed E-state index contributed by atoms with van der Waals surface area (Å²) < 4.78 is 39.2.